The molecule has 5 aliphatic carbocycles. The van der Waals surface area contributed by atoms with Gasteiger partial charge in [0.15, 0.2) is 5.78 Å². The van der Waals surface area contributed by atoms with E-state index >= 15 is 0 Å². The highest BCUT2D eigenvalue weighted by molar-refractivity contribution is 5.95. The van der Waals surface area contributed by atoms with Crippen molar-refractivity contribution in [3.63, 3.8) is 0 Å². The van der Waals surface area contributed by atoms with Crippen LogP contribution in [0.4, 0.5) is 0 Å². The number of carbonyl (C=O) groups is 1. The topological polar surface area (TPSA) is 37.3 Å². The van der Waals surface area contributed by atoms with E-state index in [0.29, 0.717) is 23.0 Å². The molecule has 0 aromatic carbocycles. The summed E-state index contributed by atoms with van der Waals surface area (Å²) in [4.78, 5) is 14.1. The van der Waals surface area contributed by atoms with Crippen LogP contribution < -0.4 is 0 Å². The molecule has 9 atom stereocenters. The first-order valence-electron chi connectivity index (χ1n) is 13.2. The molecular weight excluding hydrogens is 380 g/mol. The minimum Gasteiger partial charge on any atom is -0.393 e. The average Bonchev–Trinajstić information content (AvgIpc) is 2.68. The van der Waals surface area contributed by atoms with Crippen LogP contribution in [0, 0.1) is 50.7 Å². The van der Waals surface area contributed by atoms with Crippen molar-refractivity contribution in [3.8, 4) is 0 Å². The molecule has 174 valence electrons. The van der Waals surface area contributed by atoms with Crippen LogP contribution in [0.1, 0.15) is 106 Å². The standard InChI is InChI=1S/C29H46O2/c1-18-8-11-26(4)14-15-28(6)20(19(26)16-18)17-21(30)24-27(5)12-10-23(31)25(2,3)22(27)9-13-29(24,28)7/h17-19,22-24,31H,8-16H2,1-7H3/t18?,19?,22?,23-,24?,26+,27-,28+,29+/m0/s1. The zero-order valence-electron chi connectivity index (χ0n) is 21.2. The van der Waals surface area contributed by atoms with Crippen LogP contribution >= 0.6 is 0 Å². The van der Waals surface area contributed by atoms with Crippen LogP contribution in [0.2, 0.25) is 0 Å². The maximum absolute atomic E-state index is 14.1. The Morgan fingerprint density at radius 1 is 0.903 bits per heavy atom. The molecule has 2 nitrogen and oxygen atoms in total. The Hall–Kier alpha value is -0.630. The molecular formula is C29H46O2. The maximum atomic E-state index is 14.1. The smallest absolute Gasteiger partial charge is 0.159 e. The molecule has 0 aromatic rings. The highest BCUT2D eigenvalue weighted by Gasteiger charge is 2.69. The molecule has 5 aliphatic rings. The van der Waals surface area contributed by atoms with Gasteiger partial charge >= 0.3 is 0 Å². The van der Waals surface area contributed by atoms with Gasteiger partial charge in [-0.25, -0.2) is 0 Å². The Labute approximate surface area is 190 Å². The van der Waals surface area contributed by atoms with Crippen molar-refractivity contribution in [2.45, 2.75) is 112 Å². The number of carbonyl (C=O) groups excluding carboxylic acids is 1. The number of hydrogen-bond acceptors (Lipinski definition) is 2. The first-order valence-corrected chi connectivity index (χ1v) is 13.2. The highest BCUT2D eigenvalue weighted by atomic mass is 16.3. The Balaban J connectivity index is 1.63. The zero-order valence-corrected chi connectivity index (χ0v) is 21.2. The van der Waals surface area contributed by atoms with Gasteiger partial charge in [0.25, 0.3) is 0 Å². The van der Waals surface area contributed by atoms with Gasteiger partial charge < -0.3 is 5.11 Å². The van der Waals surface area contributed by atoms with E-state index in [4.69, 9.17) is 0 Å². The lowest BCUT2D eigenvalue weighted by Crippen LogP contribution is -2.66. The SMILES string of the molecule is CC1CC[C@]2(C)CC[C@]3(C)C(=CC(=O)C4[C@@]5(C)CC[C@H](O)C(C)(C)C5CC[C@]43C)C2C1. The number of aliphatic hydroxyl groups is 1. The number of rotatable bonds is 0. The Morgan fingerprint density at radius 2 is 1.61 bits per heavy atom. The van der Waals surface area contributed by atoms with Crippen LogP contribution in [0.5, 0.6) is 0 Å². The van der Waals surface area contributed by atoms with Gasteiger partial charge in [-0.1, -0.05) is 60.5 Å². The molecule has 31 heavy (non-hydrogen) atoms. The predicted molar refractivity (Wildman–Crippen MR) is 126 cm³/mol. The number of aliphatic hydroxyl groups excluding tert-OH is 1. The predicted octanol–water partition coefficient (Wildman–Crippen LogP) is 6.96. The summed E-state index contributed by atoms with van der Waals surface area (Å²) in [7, 11) is 0. The summed E-state index contributed by atoms with van der Waals surface area (Å²) in [6.07, 6.45) is 12.6. The average molecular weight is 427 g/mol. The van der Waals surface area contributed by atoms with Gasteiger partial charge in [-0.3, -0.25) is 4.79 Å². The summed E-state index contributed by atoms with van der Waals surface area (Å²) in [6.45, 7) is 16.9. The monoisotopic (exact) mass is 426 g/mol. The summed E-state index contributed by atoms with van der Waals surface area (Å²) in [5.41, 5.74) is 2.00. The summed E-state index contributed by atoms with van der Waals surface area (Å²) in [5, 5.41) is 10.8. The van der Waals surface area contributed by atoms with Crippen LogP contribution in [0.25, 0.3) is 0 Å². The quantitative estimate of drug-likeness (QED) is 0.454. The second-order valence-electron chi connectivity index (χ2n) is 14.2. The molecule has 2 heteroatoms. The third-order valence-corrected chi connectivity index (χ3v) is 12.5. The van der Waals surface area contributed by atoms with Crippen LogP contribution in [0.3, 0.4) is 0 Å². The lowest BCUT2D eigenvalue weighted by Gasteiger charge is -2.70. The number of fused-ring (bicyclic) bond motifs is 7. The van der Waals surface area contributed by atoms with E-state index in [1.165, 1.54) is 37.7 Å². The minimum absolute atomic E-state index is 0.00153. The van der Waals surface area contributed by atoms with Gasteiger partial charge in [0.2, 0.25) is 0 Å². The summed E-state index contributed by atoms with van der Waals surface area (Å²) < 4.78 is 0. The van der Waals surface area contributed by atoms with E-state index < -0.39 is 0 Å². The second-order valence-corrected chi connectivity index (χ2v) is 14.2. The van der Waals surface area contributed by atoms with Crippen LogP contribution in [-0.4, -0.2) is 17.0 Å². The van der Waals surface area contributed by atoms with Crippen molar-refractivity contribution in [1.82, 2.24) is 0 Å². The molecule has 0 amide bonds. The third kappa shape index (κ3) is 2.64. The minimum atomic E-state index is -0.241. The molecule has 0 aromatic heterocycles. The lowest BCUT2D eigenvalue weighted by molar-refractivity contribution is -0.201. The van der Waals surface area contributed by atoms with E-state index in [9.17, 15) is 9.90 Å². The number of ketones is 1. The van der Waals surface area contributed by atoms with Gasteiger partial charge in [0.1, 0.15) is 0 Å². The van der Waals surface area contributed by atoms with Gasteiger partial charge in [-0.2, -0.15) is 0 Å². The van der Waals surface area contributed by atoms with Gasteiger partial charge in [-0.05, 0) is 102 Å². The molecule has 0 spiro atoms. The number of allylic oxidation sites excluding steroid dienone is 2. The van der Waals surface area contributed by atoms with Crippen LogP contribution in [-0.2, 0) is 4.79 Å². The van der Waals surface area contributed by atoms with E-state index in [0.717, 1.165) is 31.6 Å². The molecule has 0 radical (unpaired) electrons. The second kappa shape index (κ2) is 6.49. The largest absolute Gasteiger partial charge is 0.393 e. The molecule has 5 rings (SSSR count). The lowest BCUT2D eigenvalue weighted by atomic mass is 9.33. The molecule has 4 fully saturated rings. The van der Waals surface area contributed by atoms with Gasteiger partial charge in [0.05, 0.1) is 6.10 Å². The van der Waals surface area contributed by atoms with Crippen LogP contribution in [0.15, 0.2) is 11.6 Å². The van der Waals surface area contributed by atoms with Crippen molar-refractivity contribution >= 4 is 5.78 Å². The molecule has 4 saturated carbocycles. The van der Waals surface area contributed by atoms with Gasteiger partial charge in [-0.15, -0.1) is 0 Å². The fourth-order valence-electron chi connectivity index (χ4n) is 10.2. The summed E-state index contributed by atoms with van der Waals surface area (Å²) in [5.74, 6) is 2.32. The van der Waals surface area contributed by atoms with Crippen molar-refractivity contribution in [2.75, 3.05) is 0 Å². The van der Waals surface area contributed by atoms with E-state index in [2.05, 4.69) is 54.5 Å². The fraction of sp³-hybridized carbons (Fsp3) is 0.897. The van der Waals surface area contributed by atoms with Crippen molar-refractivity contribution in [3.05, 3.63) is 11.6 Å². The highest BCUT2D eigenvalue weighted by Crippen LogP contribution is 2.74. The van der Waals surface area contributed by atoms with Crippen molar-refractivity contribution in [2.24, 2.45) is 50.7 Å². The molecule has 0 heterocycles. The van der Waals surface area contributed by atoms with E-state index in [-0.39, 0.29) is 33.7 Å². The van der Waals surface area contributed by atoms with E-state index in [1.54, 1.807) is 0 Å². The maximum Gasteiger partial charge on any atom is 0.159 e. The molecule has 0 bridgehead atoms. The molecule has 4 unspecified atom stereocenters. The Bertz CT molecular complexity index is 825. The fourth-order valence-corrected chi connectivity index (χ4v) is 10.2. The van der Waals surface area contributed by atoms with Crippen molar-refractivity contribution in [1.29, 1.82) is 0 Å². The molecule has 0 saturated heterocycles. The molecule has 1 N–H and O–H groups in total. The molecule has 0 aliphatic heterocycles. The van der Waals surface area contributed by atoms with Crippen molar-refractivity contribution < 1.29 is 9.90 Å². The summed E-state index contributed by atoms with van der Waals surface area (Å²) >= 11 is 0. The first-order chi connectivity index (χ1) is 14.3. The van der Waals surface area contributed by atoms with E-state index in [1.807, 2.05) is 0 Å². The third-order valence-electron chi connectivity index (χ3n) is 12.5. The van der Waals surface area contributed by atoms with Gasteiger partial charge in [0, 0.05) is 5.92 Å². The Kier molecular flexibility index (Phi) is 4.64. The first kappa shape index (κ1) is 22.2. The normalized spacial score (nSPS) is 55.9. The summed E-state index contributed by atoms with van der Waals surface area (Å²) in [6, 6.07) is 0. The Morgan fingerprint density at radius 3 is 2.32 bits per heavy atom. The zero-order chi connectivity index (χ0) is 22.6. The number of hydrogen-bond donors (Lipinski definition) is 1.